The second kappa shape index (κ2) is 5.78. The van der Waals surface area contributed by atoms with E-state index in [0.29, 0.717) is 19.0 Å². The molecule has 0 aliphatic carbocycles. The minimum Gasteiger partial charge on any atom is -0.325 e. The number of benzene rings is 2. The van der Waals surface area contributed by atoms with Crippen molar-refractivity contribution in [2.75, 3.05) is 11.4 Å². The quantitative estimate of drug-likeness (QED) is 0.728. The summed E-state index contributed by atoms with van der Waals surface area (Å²) in [4.78, 5) is 19.3. The van der Waals surface area contributed by atoms with Crippen molar-refractivity contribution in [3.63, 3.8) is 0 Å². The molecule has 0 saturated carbocycles. The van der Waals surface area contributed by atoms with Gasteiger partial charge in [-0.1, -0.05) is 30.3 Å². The summed E-state index contributed by atoms with van der Waals surface area (Å²) in [5.41, 5.74) is 3.12. The number of hydrogen-bond donors (Lipinski definition) is 0. The molecule has 1 atom stereocenters. The summed E-state index contributed by atoms with van der Waals surface area (Å²) in [6.45, 7) is 5.03. The zero-order chi connectivity index (χ0) is 16.7. The van der Waals surface area contributed by atoms with Gasteiger partial charge in [-0.15, -0.1) is 0 Å². The molecule has 24 heavy (non-hydrogen) atoms. The van der Waals surface area contributed by atoms with Crippen molar-refractivity contribution in [1.82, 2.24) is 9.55 Å². The third-order valence-electron chi connectivity index (χ3n) is 4.70. The van der Waals surface area contributed by atoms with Crippen LogP contribution in [0.5, 0.6) is 0 Å². The molecule has 4 nitrogen and oxygen atoms in total. The fraction of sp³-hybridized carbons (Fsp3) is 0.300. The first-order chi connectivity index (χ1) is 11.6. The van der Waals surface area contributed by atoms with E-state index in [-0.39, 0.29) is 11.8 Å². The van der Waals surface area contributed by atoms with E-state index in [1.54, 1.807) is 0 Å². The Balaban J connectivity index is 1.74. The number of para-hydroxylation sites is 3. The molecule has 0 radical (unpaired) electrons. The van der Waals surface area contributed by atoms with Crippen molar-refractivity contribution < 1.29 is 4.79 Å². The molecule has 0 spiro atoms. The standard InChI is InChI=1S/C20H21N3O/c1-14(2)23-18-11-7-6-10-17(18)21-20(23)15-12-19(24)22(13-15)16-8-4-3-5-9-16/h3-11,14-15H,12-13H2,1-2H3. The Labute approximate surface area is 141 Å². The molecule has 1 aromatic heterocycles. The molecule has 1 amide bonds. The number of aromatic nitrogens is 2. The lowest BCUT2D eigenvalue weighted by atomic mass is 10.1. The van der Waals surface area contributed by atoms with Crippen LogP contribution in [0.4, 0.5) is 5.69 Å². The normalized spacial score (nSPS) is 18.0. The van der Waals surface area contributed by atoms with Crippen LogP contribution >= 0.6 is 0 Å². The van der Waals surface area contributed by atoms with Crippen LogP contribution in [0.25, 0.3) is 11.0 Å². The number of hydrogen-bond acceptors (Lipinski definition) is 2. The molecule has 1 fully saturated rings. The van der Waals surface area contributed by atoms with Crippen LogP contribution in [0.2, 0.25) is 0 Å². The van der Waals surface area contributed by atoms with Gasteiger partial charge >= 0.3 is 0 Å². The van der Waals surface area contributed by atoms with Crippen LogP contribution in [0.3, 0.4) is 0 Å². The molecule has 1 saturated heterocycles. The van der Waals surface area contributed by atoms with Crippen LogP contribution in [-0.2, 0) is 4.79 Å². The first-order valence-electron chi connectivity index (χ1n) is 8.47. The maximum atomic E-state index is 12.5. The van der Waals surface area contributed by atoms with Crippen molar-refractivity contribution in [3.05, 3.63) is 60.4 Å². The molecule has 2 aromatic carbocycles. The van der Waals surface area contributed by atoms with E-state index >= 15 is 0 Å². The monoisotopic (exact) mass is 319 g/mol. The number of rotatable bonds is 3. The Bertz CT molecular complexity index is 882. The maximum Gasteiger partial charge on any atom is 0.227 e. The molecular formula is C20H21N3O. The Hall–Kier alpha value is -2.62. The predicted octanol–water partition coefficient (Wildman–Crippen LogP) is 4.14. The number of anilines is 1. The highest BCUT2D eigenvalue weighted by Gasteiger charge is 2.35. The SMILES string of the molecule is CC(C)n1c(C2CC(=O)N(c3ccccc3)C2)nc2ccccc21. The van der Waals surface area contributed by atoms with Crippen LogP contribution in [0, 0.1) is 0 Å². The highest BCUT2D eigenvalue weighted by molar-refractivity contribution is 5.96. The summed E-state index contributed by atoms with van der Waals surface area (Å²) in [6.07, 6.45) is 0.519. The van der Waals surface area contributed by atoms with Crippen LogP contribution in [0.1, 0.15) is 38.1 Å². The van der Waals surface area contributed by atoms with Gasteiger partial charge in [-0.3, -0.25) is 4.79 Å². The van der Waals surface area contributed by atoms with Gasteiger partial charge in [-0.05, 0) is 38.1 Å². The second-order valence-corrected chi connectivity index (χ2v) is 6.66. The number of carbonyl (C=O) groups excluding carboxylic acids is 1. The molecule has 3 aromatic rings. The number of imidazole rings is 1. The van der Waals surface area contributed by atoms with E-state index in [0.717, 1.165) is 22.5 Å². The zero-order valence-electron chi connectivity index (χ0n) is 14.0. The maximum absolute atomic E-state index is 12.5. The van der Waals surface area contributed by atoms with Crippen molar-refractivity contribution in [1.29, 1.82) is 0 Å². The Morgan fingerprint density at radius 3 is 2.50 bits per heavy atom. The molecule has 1 aliphatic rings. The molecule has 4 rings (SSSR count). The van der Waals surface area contributed by atoms with E-state index in [9.17, 15) is 4.79 Å². The van der Waals surface area contributed by atoms with Crippen molar-refractivity contribution in [3.8, 4) is 0 Å². The van der Waals surface area contributed by atoms with Crippen LogP contribution in [0.15, 0.2) is 54.6 Å². The third kappa shape index (κ3) is 2.39. The van der Waals surface area contributed by atoms with Gasteiger partial charge in [0.1, 0.15) is 5.82 Å². The molecule has 0 bridgehead atoms. The number of nitrogens with zero attached hydrogens (tertiary/aromatic N) is 3. The highest BCUT2D eigenvalue weighted by atomic mass is 16.2. The fourth-order valence-electron chi connectivity index (χ4n) is 3.63. The summed E-state index contributed by atoms with van der Waals surface area (Å²) in [5, 5.41) is 0. The van der Waals surface area contributed by atoms with E-state index in [2.05, 4.69) is 24.5 Å². The summed E-state index contributed by atoms with van der Waals surface area (Å²) >= 11 is 0. The van der Waals surface area contributed by atoms with Gasteiger partial charge in [0.2, 0.25) is 5.91 Å². The lowest BCUT2D eigenvalue weighted by molar-refractivity contribution is -0.117. The molecule has 1 aliphatic heterocycles. The van der Waals surface area contributed by atoms with Gasteiger partial charge in [0.15, 0.2) is 0 Å². The summed E-state index contributed by atoms with van der Waals surface area (Å²) in [7, 11) is 0. The van der Waals surface area contributed by atoms with Gasteiger partial charge in [0.05, 0.1) is 11.0 Å². The Kier molecular flexibility index (Phi) is 3.60. The first-order valence-corrected chi connectivity index (χ1v) is 8.47. The minimum absolute atomic E-state index is 0.132. The lowest BCUT2D eigenvalue weighted by Crippen LogP contribution is -2.24. The van der Waals surface area contributed by atoms with E-state index in [1.807, 2.05) is 53.4 Å². The van der Waals surface area contributed by atoms with E-state index in [1.165, 1.54) is 0 Å². The van der Waals surface area contributed by atoms with Gasteiger partial charge in [0.25, 0.3) is 0 Å². The number of amides is 1. The fourth-order valence-corrected chi connectivity index (χ4v) is 3.63. The number of fused-ring (bicyclic) bond motifs is 1. The van der Waals surface area contributed by atoms with Gasteiger partial charge < -0.3 is 9.47 Å². The summed E-state index contributed by atoms with van der Waals surface area (Å²) in [6, 6.07) is 18.4. The average molecular weight is 319 g/mol. The Morgan fingerprint density at radius 1 is 1.04 bits per heavy atom. The third-order valence-corrected chi connectivity index (χ3v) is 4.70. The topological polar surface area (TPSA) is 38.1 Å². The largest absolute Gasteiger partial charge is 0.325 e. The average Bonchev–Trinajstić information content (AvgIpc) is 3.16. The van der Waals surface area contributed by atoms with Crippen molar-refractivity contribution in [2.24, 2.45) is 0 Å². The number of carbonyl (C=O) groups is 1. The smallest absolute Gasteiger partial charge is 0.227 e. The van der Waals surface area contributed by atoms with Crippen molar-refractivity contribution in [2.45, 2.75) is 32.2 Å². The zero-order valence-corrected chi connectivity index (χ0v) is 14.0. The second-order valence-electron chi connectivity index (χ2n) is 6.66. The summed E-state index contributed by atoms with van der Waals surface area (Å²) in [5.74, 6) is 1.33. The van der Waals surface area contributed by atoms with E-state index < -0.39 is 0 Å². The van der Waals surface area contributed by atoms with E-state index in [4.69, 9.17) is 4.98 Å². The van der Waals surface area contributed by atoms with Crippen LogP contribution in [-0.4, -0.2) is 22.0 Å². The molecule has 0 N–H and O–H groups in total. The van der Waals surface area contributed by atoms with Crippen LogP contribution < -0.4 is 4.90 Å². The van der Waals surface area contributed by atoms with Gasteiger partial charge in [-0.25, -0.2) is 4.98 Å². The molecule has 4 heteroatoms. The predicted molar refractivity (Wildman–Crippen MR) is 96.3 cm³/mol. The molecular weight excluding hydrogens is 298 g/mol. The summed E-state index contributed by atoms with van der Waals surface area (Å²) < 4.78 is 2.28. The van der Waals surface area contributed by atoms with Gasteiger partial charge in [0, 0.05) is 30.6 Å². The Morgan fingerprint density at radius 2 is 1.75 bits per heavy atom. The minimum atomic E-state index is 0.132. The lowest BCUT2D eigenvalue weighted by Gasteiger charge is -2.18. The molecule has 1 unspecified atom stereocenters. The molecule has 122 valence electrons. The van der Waals surface area contributed by atoms with Gasteiger partial charge in [-0.2, -0.15) is 0 Å². The first kappa shape index (κ1) is 14.9. The van der Waals surface area contributed by atoms with Crippen molar-refractivity contribution >= 4 is 22.6 Å². The molecule has 2 heterocycles. The highest BCUT2D eigenvalue weighted by Crippen LogP contribution is 2.34.